The first kappa shape index (κ1) is 60.4. The Morgan fingerprint density at radius 3 is 0.758 bits per heavy atom. The lowest BCUT2D eigenvalue weighted by Gasteiger charge is -2.18. The molecule has 0 saturated heterocycles. The van der Waals surface area contributed by atoms with Gasteiger partial charge in [-0.1, -0.05) is 266 Å². The first-order valence-electron chi connectivity index (χ1n) is 27.7. The molecule has 62 heavy (non-hydrogen) atoms. The monoisotopic (exact) mass is 877 g/mol. The molecule has 0 aromatic carbocycles. The van der Waals surface area contributed by atoms with Gasteiger partial charge in [0.1, 0.15) is 13.2 Å². The molecule has 6 heteroatoms. The molecule has 0 heterocycles. The quantitative estimate of drug-likeness (QED) is 0.0344. The highest BCUT2D eigenvalue weighted by Crippen LogP contribution is 2.19. The summed E-state index contributed by atoms with van der Waals surface area (Å²) in [6, 6.07) is 0. The average molecular weight is 877 g/mol. The molecule has 0 spiro atoms. The minimum atomic E-state index is -0.764. The summed E-state index contributed by atoms with van der Waals surface area (Å²) in [5.74, 6) is 1.71. The number of hydrogen-bond donors (Lipinski definition) is 0. The van der Waals surface area contributed by atoms with Crippen LogP contribution in [0.4, 0.5) is 0 Å². The Morgan fingerprint density at radius 2 is 0.516 bits per heavy atom. The van der Waals surface area contributed by atoms with E-state index in [-0.39, 0.29) is 31.1 Å². The average Bonchev–Trinajstić information content (AvgIpc) is 3.27. The standard InChI is InChI=1S/C56H108O6/c1-7-50(4)42-36-30-24-20-18-16-14-12-10-11-13-15-17-19-21-26-33-39-45-54(57)60-48-53(49-61-55(58)46-40-34-29-28-32-38-44-52(6)9-3)62-56(59)47-41-35-27-23-22-25-31-37-43-51(5)8-2/h50-53H,7-49H2,1-6H3/t50?,51?,52?,53-/m1/s1. The number of esters is 3. The molecule has 4 atom stereocenters. The summed E-state index contributed by atoms with van der Waals surface area (Å²) >= 11 is 0. The van der Waals surface area contributed by atoms with Gasteiger partial charge in [-0.05, 0) is 37.0 Å². The minimum absolute atomic E-state index is 0.0652. The zero-order valence-corrected chi connectivity index (χ0v) is 42.7. The summed E-state index contributed by atoms with van der Waals surface area (Å²) in [6.45, 7) is 13.8. The van der Waals surface area contributed by atoms with Crippen LogP contribution in [0.25, 0.3) is 0 Å². The van der Waals surface area contributed by atoms with E-state index in [0.717, 1.165) is 75.5 Å². The van der Waals surface area contributed by atoms with Gasteiger partial charge in [0.25, 0.3) is 0 Å². The number of rotatable bonds is 49. The van der Waals surface area contributed by atoms with Crippen molar-refractivity contribution in [1.29, 1.82) is 0 Å². The lowest BCUT2D eigenvalue weighted by atomic mass is 9.99. The molecule has 0 aromatic rings. The van der Waals surface area contributed by atoms with Crippen LogP contribution >= 0.6 is 0 Å². The summed E-state index contributed by atoms with van der Waals surface area (Å²) < 4.78 is 16.8. The molecule has 0 aliphatic carbocycles. The molecule has 0 aliphatic rings. The summed E-state index contributed by atoms with van der Waals surface area (Å²) in [6.07, 6.45) is 48.1. The number of ether oxygens (including phenoxy) is 3. The van der Waals surface area contributed by atoms with E-state index in [1.807, 2.05) is 0 Å². The van der Waals surface area contributed by atoms with Gasteiger partial charge in [0.2, 0.25) is 0 Å². The van der Waals surface area contributed by atoms with Crippen LogP contribution in [0.1, 0.15) is 305 Å². The Bertz CT molecular complexity index is 966. The predicted octanol–water partition coefficient (Wildman–Crippen LogP) is 17.9. The van der Waals surface area contributed by atoms with Crippen LogP contribution in [0.3, 0.4) is 0 Å². The van der Waals surface area contributed by atoms with Crippen molar-refractivity contribution in [3.63, 3.8) is 0 Å². The van der Waals surface area contributed by atoms with E-state index in [4.69, 9.17) is 14.2 Å². The molecule has 0 rings (SSSR count). The molecule has 0 bridgehead atoms. The number of unbranched alkanes of at least 4 members (excludes halogenated alkanes) is 29. The third-order valence-electron chi connectivity index (χ3n) is 13.7. The maximum atomic E-state index is 12.8. The molecule has 6 nitrogen and oxygen atoms in total. The van der Waals surface area contributed by atoms with Crippen LogP contribution in [0.2, 0.25) is 0 Å². The molecule has 0 aliphatic heterocycles. The van der Waals surface area contributed by atoms with E-state index in [2.05, 4.69) is 41.5 Å². The lowest BCUT2D eigenvalue weighted by Crippen LogP contribution is -2.30. The zero-order valence-electron chi connectivity index (χ0n) is 42.7. The van der Waals surface area contributed by atoms with Crippen LogP contribution in [0, 0.1) is 17.8 Å². The van der Waals surface area contributed by atoms with E-state index < -0.39 is 6.10 Å². The minimum Gasteiger partial charge on any atom is -0.462 e. The Balaban J connectivity index is 4.19. The van der Waals surface area contributed by atoms with Gasteiger partial charge in [-0.3, -0.25) is 14.4 Å². The highest BCUT2D eigenvalue weighted by molar-refractivity contribution is 5.71. The first-order chi connectivity index (χ1) is 30.2. The van der Waals surface area contributed by atoms with Crippen molar-refractivity contribution in [3.8, 4) is 0 Å². The van der Waals surface area contributed by atoms with Crippen LogP contribution < -0.4 is 0 Å². The molecular weight excluding hydrogens is 769 g/mol. The van der Waals surface area contributed by atoms with E-state index in [1.54, 1.807) is 0 Å². The summed E-state index contributed by atoms with van der Waals surface area (Å²) in [7, 11) is 0. The van der Waals surface area contributed by atoms with Crippen molar-refractivity contribution < 1.29 is 28.6 Å². The van der Waals surface area contributed by atoms with Crippen molar-refractivity contribution in [1.82, 2.24) is 0 Å². The highest BCUT2D eigenvalue weighted by Gasteiger charge is 2.19. The van der Waals surface area contributed by atoms with Crippen LogP contribution in [0.5, 0.6) is 0 Å². The SMILES string of the molecule is CCC(C)CCCCCCCCCCCCCCCCCCCCC(=O)OC[C@H](COC(=O)CCCCCCCCC(C)CC)OC(=O)CCCCCCCCCCC(C)CC. The summed E-state index contributed by atoms with van der Waals surface area (Å²) in [5, 5.41) is 0. The Kier molecular flexibility index (Phi) is 46.2. The van der Waals surface area contributed by atoms with E-state index in [0.29, 0.717) is 19.3 Å². The molecule has 0 fully saturated rings. The fourth-order valence-electron chi connectivity index (χ4n) is 8.37. The Labute approximate surface area is 387 Å². The van der Waals surface area contributed by atoms with Gasteiger partial charge in [0, 0.05) is 19.3 Å². The van der Waals surface area contributed by atoms with Gasteiger partial charge in [-0.25, -0.2) is 0 Å². The maximum Gasteiger partial charge on any atom is 0.306 e. The van der Waals surface area contributed by atoms with Gasteiger partial charge in [0.15, 0.2) is 6.10 Å². The molecule has 0 saturated carbocycles. The van der Waals surface area contributed by atoms with Gasteiger partial charge >= 0.3 is 17.9 Å². The largest absolute Gasteiger partial charge is 0.462 e. The third-order valence-corrected chi connectivity index (χ3v) is 13.7. The Hall–Kier alpha value is -1.59. The van der Waals surface area contributed by atoms with Gasteiger partial charge in [0.05, 0.1) is 0 Å². The zero-order chi connectivity index (χ0) is 45.6. The van der Waals surface area contributed by atoms with Crippen molar-refractivity contribution >= 4 is 17.9 Å². The second kappa shape index (κ2) is 47.4. The van der Waals surface area contributed by atoms with E-state index >= 15 is 0 Å². The molecule has 0 radical (unpaired) electrons. The molecule has 3 unspecified atom stereocenters. The van der Waals surface area contributed by atoms with Crippen LogP contribution in [0.15, 0.2) is 0 Å². The normalized spacial score (nSPS) is 13.5. The lowest BCUT2D eigenvalue weighted by molar-refractivity contribution is -0.167. The number of hydrogen-bond acceptors (Lipinski definition) is 6. The summed E-state index contributed by atoms with van der Waals surface area (Å²) in [5.41, 5.74) is 0. The number of carbonyl (C=O) groups is 3. The van der Waals surface area contributed by atoms with E-state index in [1.165, 1.54) is 186 Å². The molecule has 0 N–H and O–H groups in total. The van der Waals surface area contributed by atoms with E-state index in [9.17, 15) is 14.4 Å². The molecular formula is C56H108O6. The van der Waals surface area contributed by atoms with Crippen LogP contribution in [-0.4, -0.2) is 37.2 Å². The topological polar surface area (TPSA) is 78.9 Å². The predicted molar refractivity (Wildman–Crippen MR) is 266 cm³/mol. The first-order valence-corrected chi connectivity index (χ1v) is 27.7. The highest BCUT2D eigenvalue weighted by atomic mass is 16.6. The fourth-order valence-corrected chi connectivity index (χ4v) is 8.37. The van der Waals surface area contributed by atoms with Gasteiger partial charge < -0.3 is 14.2 Å². The van der Waals surface area contributed by atoms with Crippen molar-refractivity contribution in [3.05, 3.63) is 0 Å². The fraction of sp³-hybridized carbons (Fsp3) is 0.946. The Morgan fingerprint density at radius 1 is 0.306 bits per heavy atom. The van der Waals surface area contributed by atoms with Crippen molar-refractivity contribution in [2.45, 2.75) is 311 Å². The van der Waals surface area contributed by atoms with Crippen molar-refractivity contribution in [2.24, 2.45) is 17.8 Å². The van der Waals surface area contributed by atoms with Gasteiger partial charge in [-0.15, -0.1) is 0 Å². The smallest absolute Gasteiger partial charge is 0.306 e. The maximum absolute atomic E-state index is 12.8. The summed E-state index contributed by atoms with van der Waals surface area (Å²) in [4.78, 5) is 38.0. The second-order valence-electron chi connectivity index (χ2n) is 19.9. The van der Waals surface area contributed by atoms with Crippen molar-refractivity contribution in [2.75, 3.05) is 13.2 Å². The molecule has 0 aromatic heterocycles. The second-order valence-corrected chi connectivity index (χ2v) is 19.9. The third kappa shape index (κ3) is 45.0. The van der Waals surface area contributed by atoms with Gasteiger partial charge in [-0.2, -0.15) is 0 Å². The molecule has 368 valence electrons. The van der Waals surface area contributed by atoms with Crippen LogP contribution in [-0.2, 0) is 28.6 Å². The number of carbonyl (C=O) groups excluding carboxylic acids is 3. The molecule has 0 amide bonds.